The molecule has 0 fully saturated rings. The number of benzene rings is 4. The summed E-state index contributed by atoms with van der Waals surface area (Å²) in [7, 11) is -17.8. The molecule has 0 saturated carbocycles. The molecule has 0 spiro atoms. The molecule has 0 atom stereocenters. The van der Waals surface area contributed by atoms with Gasteiger partial charge in [-0.15, -0.1) is 0 Å². The zero-order chi connectivity index (χ0) is 50.0. The number of aliphatic hydroxyl groups is 1. The van der Waals surface area contributed by atoms with Crippen LogP contribution in [0.1, 0.15) is 48.4 Å². The molecule has 28 nitrogen and oxygen atoms in total. The fourth-order valence-corrected chi connectivity index (χ4v) is 5.41. The van der Waals surface area contributed by atoms with Gasteiger partial charge in [0.15, 0.2) is 5.96 Å². The van der Waals surface area contributed by atoms with E-state index in [-0.39, 0.29) is 12.6 Å². The van der Waals surface area contributed by atoms with Gasteiger partial charge >= 0.3 is 23.9 Å². The van der Waals surface area contributed by atoms with Crippen LogP contribution in [0.5, 0.6) is 23.0 Å². The summed E-state index contributed by atoms with van der Waals surface area (Å²) in [6.45, 7) is 1.93. The molecule has 4 aromatic rings. The SMILES string of the molecule is CCO.N=C(N)N.O=C(O)c1cc(S(=O)(=O)O)ccc1O.O=C(O)c1cc(S(=O)(=O)O)ccc1O.O=C(O)c1cc(S(=O)(=O)O)ccc1O.O=C(O)c1cc(S(=O)(=O)O)ccc1O. The minimum absolute atomic E-state index is 0.250. The summed E-state index contributed by atoms with van der Waals surface area (Å²) in [6.07, 6.45) is 0. The number of hydrogen-bond acceptors (Lipinski definition) is 18. The van der Waals surface area contributed by atoms with Gasteiger partial charge in [0.1, 0.15) is 45.3 Å². The summed E-state index contributed by atoms with van der Waals surface area (Å²) in [6, 6.07) is 9.82. The second-order valence-corrected chi connectivity index (χ2v) is 16.3. The molecule has 63 heavy (non-hydrogen) atoms. The average Bonchev–Trinajstić information content (AvgIpc) is 3.11. The molecule has 348 valence electrons. The fraction of sp³-hybridized carbons (Fsp3) is 0.0645. The number of rotatable bonds is 8. The van der Waals surface area contributed by atoms with E-state index in [1.807, 2.05) is 0 Å². The fourth-order valence-electron chi connectivity index (χ4n) is 3.39. The van der Waals surface area contributed by atoms with Crippen LogP contribution in [0.25, 0.3) is 0 Å². The Morgan fingerprint density at radius 1 is 0.444 bits per heavy atom. The highest BCUT2D eigenvalue weighted by molar-refractivity contribution is 7.86. The topological polar surface area (TPSA) is 544 Å². The van der Waals surface area contributed by atoms with Gasteiger partial charge < -0.3 is 57.4 Å². The standard InChI is InChI=1S/4C7H6O6S.C2H6O.CH5N3/c4*8-6-2-1-4(14(11,12)13)3-5(6)7(9)10;1-2-3;2-1(3)4/h4*1-3,8H,(H,9,10)(H,11,12,13);3H,2H2,1H3;(H5,2,3,4). The molecule has 4 aromatic carbocycles. The number of carboxylic acids is 4. The van der Waals surface area contributed by atoms with Crippen molar-refractivity contribution in [3.63, 3.8) is 0 Å². The maximum Gasteiger partial charge on any atom is 0.339 e. The van der Waals surface area contributed by atoms with Crippen molar-refractivity contribution in [2.45, 2.75) is 26.5 Å². The van der Waals surface area contributed by atoms with E-state index in [1.165, 1.54) is 0 Å². The molecule has 0 aliphatic rings. The van der Waals surface area contributed by atoms with E-state index < -0.39 is 129 Å². The minimum Gasteiger partial charge on any atom is -0.507 e. The Kier molecular flexibility index (Phi) is 22.4. The monoisotopic (exact) mass is 977 g/mol. The maximum absolute atomic E-state index is 10.6. The van der Waals surface area contributed by atoms with Crippen LogP contribution in [0.15, 0.2) is 92.4 Å². The summed E-state index contributed by atoms with van der Waals surface area (Å²) < 4.78 is 119. The van der Waals surface area contributed by atoms with Crippen molar-refractivity contribution in [1.82, 2.24) is 0 Å². The third kappa shape index (κ3) is 21.3. The normalized spacial score (nSPS) is 10.6. The van der Waals surface area contributed by atoms with Crippen LogP contribution >= 0.6 is 0 Å². The number of carbonyl (C=O) groups is 4. The van der Waals surface area contributed by atoms with Crippen molar-refractivity contribution < 1.29 is 117 Å². The number of guanidine groups is 1. The van der Waals surface area contributed by atoms with E-state index >= 15 is 0 Å². The smallest absolute Gasteiger partial charge is 0.339 e. The van der Waals surface area contributed by atoms with Crippen molar-refractivity contribution in [2.24, 2.45) is 11.5 Å². The van der Waals surface area contributed by atoms with Crippen LogP contribution in [-0.4, -0.2) is 134 Å². The van der Waals surface area contributed by atoms with Gasteiger partial charge in [0.2, 0.25) is 0 Å². The highest BCUT2D eigenvalue weighted by Crippen LogP contribution is 2.24. The quantitative estimate of drug-likeness (QED) is 0.0636. The van der Waals surface area contributed by atoms with E-state index in [1.54, 1.807) is 6.92 Å². The van der Waals surface area contributed by atoms with Crippen LogP contribution in [0.3, 0.4) is 0 Å². The summed E-state index contributed by atoms with van der Waals surface area (Å²) in [4.78, 5) is 39.6. The zero-order valence-electron chi connectivity index (χ0n) is 31.1. The zero-order valence-corrected chi connectivity index (χ0v) is 34.4. The molecule has 18 N–H and O–H groups in total. The molecule has 4 rings (SSSR count). The Morgan fingerprint density at radius 2 is 0.571 bits per heavy atom. The summed E-state index contributed by atoms with van der Waals surface area (Å²) in [5.74, 6) is -8.51. The second-order valence-electron chi connectivity index (χ2n) is 10.6. The number of aromatic carboxylic acids is 4. The number of nitrogens with two attached hydrogens (primary N) is 2. The Hall–Kier alpha value is -7.17. The number of aromatic hydroxyl groups is 4. The lowest BCUT2D eigenvalue weighted by Crippen LogP contribution is -2.20. The highest BCUT2D eigenvalue weighted by Gasteiger charge is 2.19. The molecule has 0 saturated heterocycles. The first-order valence-electron chi connectivity index (χ1n) is 15.3. The van der Waals surface area contributed by atoms with Crippen molar-refractivity contribution in [2.75, 3.05) is 6.61 Å². The molecule has 0 bridgehead atoms. The van der Waals surface area contributed by atoms with E-state index in [2.05, 4.69) is 11.5 Å². The van der Waals surface area contributed by atoms with Crippen LogP contribution in [0, 0.1) is 5.41 Å². The van der Waals surface area contributed by atoms with Gasteiger partial charge in [0.05, 0.1) is 19.6 Å². The molecular formula is C31H35N3O25S4. The molecule has 0 radical (unpaired) electrons. The lowest BCUT2D eigenvalue weighted by Gasteiger charge is -2.01. The largest absolute Gasteiger partial charge is 0.507 e. The van der Waals surface area contributed by atoms with Crippen molar-refractivity contribution >= 4 is 70.3 Å². The summed E-state index contributed by atoms with van der Waals surface area (Å²) >= 11 is 0. The van der Waals surface area contributed by atoms with Gasteiger partial charge in [-0.2, -0.15) is 33.7 Å². The van der Waals surface area contributed by atoms with Crippen molar-refractivity contribution in [3.05, 3.63) is 95.1 Å². The van der Waals surface area contributed by atoms with Gasteiger partial charge in [0, 0.05) is 6.61 Å². The number of phenols is 4. The number of hydrogen-bond donors (Lipinski definition) is 16. The first-order valence-corrected chi connectivity index (χ1v) is 21.0. The molecule has 0 heterocycles. The van der Waals surface area contributed by atoms with Crippen LogP contribution < -0.4 is 11.5 Å². The van der Waals surface area contributed by atoms with Gasteiger partial charge in [-0.05, 0) is 79.7 Å². The van der Waals surface area contributed by atoms with Crippen molar-refractivity contribution in [3.8, 4) is 23.0 Å². The number of nitrogens with one attached hydrogen (secondary N) is 1. The highest BCUT2D eigenvalue weighted by atomic mass is 32.2. The average molecular weight is 978 g/mol. The van der Waals surface area contributed by atoms with Gasteiger partial charge in [-0.3, -0.25) is 23.6 Å². The molecule has 0 unspecified atom stereocenters. The third-order valence-corrected chi connectivity index (χ3v) is 9.38. The molecule has 0 aromatic heterocycles. The van der Waals surface area contributed by atoms with Gasteiger partial charge in [-0.25, -0.2) is 19.2 Å². The van der Waals surface area contributed by atoms with Crippen LogP contribution in [0.2, 0.25) is 0 Å². The van der Waals surface area contributed by atoms with E-state index in [9.17, 15) is 52.8 Å². The van der Waals surface area contributed by atoms with E-state index in [0.717, 1.165) is 48.5 Å². The summed E-state index contributed by atoms with van der Waals surface area (Å²) in [5.41, 5.74) is 6.61. The Labute approximate surface area is 354 Å². The Morgan fingerprint density at radius 3 is 0.667 bits per heavy atom. The molecule has 0 aliphatic carbocycles. The predicted octanol–water partition coefficient (Wildman–Crippen LogP) is 0.186. The maximum atomic E-state index is 10.6. The Balaban J connectivity index is 0. The van der Waals surface area contributed by atoms with Crippen LogP contribution in [-0.2, 0) is 40.5 Å². The molecule has 0 aliphatic heterocycles. The van der Waals surface area contributed by atoms with E-state index in [4.69, 9.17) is 69.6 Å². The molecule has 32 heteroatoms. The van der Waals surface area contributed by atoms with Gasteiger partial charge in [0.25, 0.3) is 40.5 Å². The Bertz CT molecular complexity index is 2410. The third-order valence-electron chi connectivity index (χ3n) is 5.99. The predicted molar refractivity (Wildman–Crippen MR) is 208 cm³/mol. The lowest BCUT2D eigenvalue weighted by molar-refractivity contribution is 0.0682. The van der Waals surface area contributed by atoms with Crippen molar-refractivity contribution in [1.29, 1.82) is 5.41 Å². The number of aliphatic hydroxyl groups excluding tert-OH is 1. The lowest BCUT2D eigenvalue weighted by atomic mass is 10.2. The molecule has 0 amide bonds. The van der Waals surface area contributed by atoms with Gasteiger partial charge in [-0.1, -0.05) is 0 Å². The first-order chi connectivity index (χ1) is 28.4. The molecular weight excluding hydrogens is 943 g/mol. The first kappa shape index (κ1) is 57.9. The number of carboxylic acid groups (broad SMARTS) is 4. The second kappa shape index (κ2) is 24.3. The van der Waals surface area contributed by atoms with Crippen LogP contribution in [0.4, 0.5) is 0 Å². The minimum atomic E-state index is -4.45. The summed E-state index contributed by atoms with van der Waals surface area (Å²) in [5, 5.41) is 83.8. The van der Waals surface area contributed by atoms with E-state index in [0.29, 0.717) is 24.3 Å².